The summed E-state index contributed by atoms with van der Waals surface area (Å²) in [6, 6.07) is 13.0. The van der Waals surface area contributed by atoms with Crippen molar-refractivity contribution < 1.29 is 44.1 Å². The van der Waals surface area contributed by atoms with E-state index in [1.807, 2.05) is 9.80 Å². The maximum Gasteiger partial charge on any atom is 0.356 e. The minimum absolute atomic E-state index is 0.0484. The van der Waals surface area contributed by atoms with Crippen molar-refractivity contribution in [1.29, 1.82) is 0 Å². The number of piperazine rings is 2. The van der Waals surface area contributed by atoms with Gasteiger partial charge in [-0.25, -0.2) is 4.79 Å². The van der Waals surface area contributed by atoms with Crippen LogP contribution in [0.25, 0.3) is 0 Å². The number of aromatic carboxylic acids is 1. The maximum absolute atomic E-state index is 13.5. The highest BCUT2D eigenvalue weighted by Crippen LogP contribution is 2.58. The molecule has 412 valence electrons. The SMILES string of the molecule is Cc1cccc(C2CCN(C(=O)Cn3nc(C(=O)N4CCN(C(=O)CO)CC4)c4c3C[C@H]3C[C@@H]43)CC2)c1C.Cc1cccc(C2CCN(C(=O)Cn3nc(C(=O)O)c4c3C[C@H]3C[C@@H]43)CC2)c1C.O=C(CO)N1CCNCC1. The molecule has 2 aromatic carbocycles. The van der Waals surface area contributed by atoms with Gasteiger partial charge < -0.3 is 45.1 Å². The molecule has 8 aliphatic rings. The quantitative estimate of drug-likeness (QED) is 0.179. The van der Waals surface area contributed by atoms with E-state index in [0.29, 0.717) is 67.4 Å². The first-order valence-electron chi connectivity index (χ1n) is 28.0. The molecule has 6 heterocycles. The topological polar surface area (TPSA) is 227 Å². The molecular formula is C58H76N10O9. The number of carboxylic acid groups (broad SMARTS) is 1. The molecule has 6 fully saturated rings. The fourth-order valence-corrected chi connectivity index (χ4v) is 13.1. The average molecular weight is 1060 g/mol. The zero-order valence-corrected chi connectivity index (χ0v) is 45.2. The number of amides is 5. The van der Waals surface area contributed by atoms with Crippen LogP contribution in [0.15, 0.2) is 36.4 Å². The smallest absolute Gasteiger partial charge is 0.356 e. The Morgan fingerprint density at radius 2 is 0.935 bits per heavy atom. The third-order valence-corrected chi connectivity index (χ3v) is 18.2. The number of nitrogens with one attached hydrogen (secondary N) is 1. The normalized spacial score (nSPS) is 22.4. The van der Waals surface area contributed by atoms with Gasteiger partial charge in [0.25, 0.3) is 5.91 Å². The number of nitrogens with zero attached hydrogens (tertiary/aromatic N) is 9. The van der Waals surface area contributed by atoms with Crippen LogP contribution in [0.2, 0.25) is 0 Å². The van der Waals surface area contributed by atoms with Crippen molar-refractivity contribution in [3.63, 3.8) is 0 Å². The molecule has 2 aromatic heterocycles. The Morgan fingerprint density at radius 3 is 1.38 bits per heavy atom. The van der Waals surface area contributed by atoms with Crippen molar-refractivity contribution in [3.05, 3.63) is 104 Å². The van der Waals surface area contributed by atoms with Gasteiger partial charge in [-0.1, -0.05) is 36.4 Å². The minimum Gasteiger partial charge on any atom is -0.476 e. The van der Waals surface area contributed by atoms with E-state index in [2.05, 4.69) is 74.5 Å². The van der Waals surface area contributed by atoms with Gasteiger partial charge in [0.15, 0.2) is 11.4 Å². The third kappa shape index (κ3) is 11.3. The molecule has 2 saturated carbocycles. The summed E-state index contributed by atoms with van der Waals surface area (Å²) in [4.78, 5) is 82.8. The van der Waals surface area contributed by atoms with Gasteiger partial charge in [0, 0.05) is 101 Å². The first-order chi connectivity index (χ1) is 37.1. The van der Waals surface area contributed by atoms with Crippen LogP contribution in [0.4, 0.5) is 0 Å². The zero-order chi connectivity index (χ0) is 54.2. The Morgan fingerprint density at radius 1 is 0.532 bits per heavy atom. The van der Waals surface area contributed by atoms with Crippen LogP contribution in [0.1, 0.15) is 139 Å². The second-order valence-corrected chi connectivity index (χ2v) is 22.7. The molecule has 4 atom stereocenters. The summed E-state index contributed by atoms with van der Waals surface area (Å²) < 4.78 is 3.48. The van der Waals surface area contributed by atoms with E-state index in [0.717, 1.165) is 126 Å². The number of carbonyl (C=O) groups is 6. The molecule has 77 heavy (non-hydrogen) atoms. The number of aliphatic hydroxyl groups is 2. The maximum atomic E-state index is 13.5. The van der Waals surface area contributed by atoms with Gasteiger partial charge >= 0.3 is 5.97 Å². The first kappa shape index (κ1) is 53.9. The molecule has 5 amide bonds. The van der Waals surface area contributed by atoms with E-state index in [-0.39, 0.29) is 54.9 Å². The van der Waals surface area contributed by atoms with Crippen molar-refractivity contribution >= 4 is 35.5 Å². The Bertz CT molecular complexity index is 2900. The molecule has 4 N–H and O–H groups in total. The van der Waals surface area contributed by atoms with E-state index in [4.69, 9.17) is 15.3 Å². The lowest BCUT2D eigenvalue weighted by Crippen LogP contribution is -2.51. The average Bonchev–Trinajstić information content (AvgIpc) is 4.42. The summed E-state index contributed by atoms with van der Waals surface area (Å²) in [5, 5.41) is 39.2. The van der Waals surface area contributed by atoms with E-state index < -0.39 is 12.6 Å². The van der Waals surface area contributed by atoms with Crippen molar-refractivity contribution in [2.45, 2.75) is 116 Å². The number of rotatable bonds is 10. The molecule has 0 bridgehead atoms. The Labute approximate surface area is 450 Å². The first-order valence-corrected chi connectivity index (χ1v) is 28.0. The molecular weight excluding hydrogens is 981 g/mol. The number of aromatic nitrogens is 4. The van der Waals surface area contributed by atoms with Gasteiger partial charge in [0.2, 0.25) is 23.6 Å². The largest absolute Gasteiger partial charge is 0.476 e. The van der Waals surface area contributed by atoms with Crippen molar-refractivity contribution in [2.24, 2.45) is 11.8 Å². The van der Waals surface area contributed by atoms with Crippen molar-refractivity contribution in [3.8, 4) is 0 Å². The Kier molecular flexibility index (Phi) is 16.0. The van der Waals surface area contributed by atoms with Crippen LogP contribution in [0.5, 0.6) is 0 Å². The van der Waals surface area contributed by atoms with Crippen LogP contribution < -0.4 is 5.32 Å². The van der Waals surface area contributed by atoms with Crippen LogP contribution in [0, 0.1) is 39.5 Å². The summed E-state index contributed by atoms with van der Waals surface area (Å²) in [6.07, 6.45) is 7.78. The second kappa shape index (κ2) is 22.9. The lowest BCUT2D eigenvalue weighted by atomic mass is 9.85. The number of likely N-dealkylation sites (tertiary alicyclic amines) is 2. The monoisotopic (exact) mass is 1060 g/mol. The number of carbonyl (C=O) groups excluding carboxylic acids is 5. The van der Waals surface area contributed by atoms with E-state index in [9.17, 15) is 33.9 Å². The van der Waals surface area contributed by atoms with Crippen LogP contribution in [0.3, 0.4) is 0 Å². The number of hydrogen-bond acceptors (Lipinski definition) is 11. The van der Waals surface area contributed by atoms with Gasteiger partial charge in [-0.05, 0) is 148 Å². The standard InChI is InChI=1S/C29H37N5O4.C23H27N3O3.C6H12N2O2/c1-18-4-3-5-22(19(18)2)20-6-8-31(9-7-20)25(36)16-34-24-15-21-14-23(21)27(24)28(30-34)29(38)33-12-10-32(11-13-33)26(37)17-35;1-13-4-3-5-17(14(13)2)15-6-8-25(9-7-15)20(27)12-26-19-11-16-10-18(16)21(19)22(24-26)23(28)29;9-5-6(10)8-3-1-7-2-4-8/h3-5,20-21,23,35H,6-17H2,1-2H3;3-5,15-16,18H,6-12H2,1-2H3,(H,28,29);7,9H,1-5H2/t21-,23-;16-,18-;/m11./s1. The van der Waals surface area contributed by atoms with Crippen LogP contribution in [-0.2, 0) is 45.1 Å². The van der Waals surface area contributed by atoms with Crippen LogP contribution in [-0.4, -0.2) is 187 Å². The molecule has 4 aromatic rings. The Balaban J connectivity index is 0.000000152. The molecule has 4 saturated heterocycles. The number of benzene rings is 2. The molecule has 4 aliphatic heterocycles. The minimum atomic E-state index is -0.977. The Hall–Kier alpha value is -6.44. The fourth-order valence-electron chi connectivity index (χ4n) is 13.1. The highest BCUT2D eigenvalue weighted by Gasteiger charge is 2.52. The molecule has 4 aliphatic carbocycles. The summed E-state index contributed by atoms with van der Waals surface area (Å²) in [5.74, 6) is 1.43. The molecule has 19 heteroatoms. The molecule has 0 unspecified atom stereocenters. The van der Waals surface area contributed by atoms with E-state index in [1.165, 1.54) is 33.4 Å². The van der Waals surface area contributed by atoms with E-state index in [1.54, 1.807) is 24.1 Å². The number of piperidine rings is 2. The number of aryl methyl sites for hydroxylation is 2. The molecule has 19 nitrogen and oxygen atoms in total. The predicted molar refractivity (Wildman–Crippen MR) is 286 cm³/mol. The zero-order valence-electron chi connectivity index (χ0n) is 45.2. The number of carboxylic acids is 1. The second-order valence-electron chi connectivity index (χ2n) is 22.7. The summed E-state index contributed by atoms with van der Waals surface area (Å²) in [6.45, 7) is 15.9. The molecule has 0 spiro atoms. The predicted octanol–water partition coefficient (Wildman–Crippen LogP) is 3.52. The fraction of sp³-hybridized carbons (Fsp3) is 0.586. The highest BCUT2D eigenvalue weighted by atomic mass is 16.4. The summed E-state index contributed by atoms with van der Waals surface area (Å²) >= 11 is 0. The van der Waals surface area contributed by atoms with Crippen molar-refractivity contribution in [2.75, 3.05) is 91.8 Å². The van der Waals surface area contributed by atoms with Gasteiger partial charge in [-0.2, -0.15) is 10.2 Å². The number of aliphatic hydroxyl groups excluding tert-OH is 2. The summed E-state index contributed by atoms with van der Waals surface area (Å²) in [7, 11) is 0. The third-order valence-electron chi connectivity index (χ3n) is 18.2. The van der Waals surface area contributed by atoms with Gasteiger partial charge in [0.1, 0.15) is 26.3 Å². The lowest BCUT2D eigenvalue weighted by Gasteiger charge is -2.34. The number of fused-ring (bicyclic) bond motifs is 6. The van der Waals surface area contributed by atoms with Crippen molar-refractivity contribution in [1.82, 2.24) is 49.4 Å². The summed E-state index contributed by atoms with van der Waals surface area (Å²) in [5.41, 5.74) is 12.8. The lowest BCUT2D eigenvalue weighted by molar-refractivity contribution is -0.136. The molecule has 0 radical (unpaired) electrons. The van der Waals surface area contributed by atoms with Gasteiger partial charge in [-0.15, -0.1) is 0 Å². The number of hydrogen-bond donors (Lipinski definition) is 4. The highest BCUT2D eigenvalue weighted by molar-refractivity contribution is 5.95. The van der Waals surface area contributed by atoms with Gasteiger partial charge in [0.05, 0.1) is 0 Å². The van der Waals surface area contributed by atoms with Crippen LogP contribution >= 0.6 is 0 Å². The van der Waals surface area contributed by atoms with Gasteiger partial charge in [-0.3, -0.25) is 33.3 Å². The molecule has 12 rings (SSSR count). The van der Waals surface area contributed by atoms with E-state index >= 15 is 0 Å².